The summed E-state index contributed by atoms with van der Waals surface area (Å²) in [5, 5.41) is 11.7. The number of nitrogens with one attached hydrogen (secondary N) is 1. The van der Waals surface area contributed by atoms with Crippen molar-refractivity contribution >= 4 is 44.2 Å². The Morgan fingerprint density at radius 3 is 2.60 bits per heavy atom. The molecule has 1 aromatic heterocycles. The SMILES string of the molecule is CC(O)(CNS(=O)(=O)c1cc(Cl)ccc1Cl)c1cc2ccccc2o1. The van der Waals surface area contributed by atoms with Gasteiger partial charge in [-0.25, -0.2) is 13.1 Å². The smallest absolute Gasteiger partial charge is 0.242 e. The lowest BCUT2D eigenvalue weighted by molar-refractivity contribution is 0.0412. The van der Waals surface area contributed by atoms with Crippen LogP contribution in [0, 0.1) is 0 Å². The van der Waals surface area contributed by atoms with Gasteiger partial charge in [-0.15, -0.1) is 0 Å². The molecule has 0 saturated heterocycles. The molecule has 5 nitrogen and oxygen atoms in total. The standard InChI is InChI=1S/C17H15Cl2NO4S/c1-17(21,16-8-11-4-2-3-5-14(11)24-16)10-20-25(22,23)15-9-12(18)6-7-13(15)19/h2-9,20-21H,10H2,1H3. The Kier molecular flexibility index (Phi) is 4.83. The summed E-state index contributed by atoms with van der Waals surface area (Å²) in [4.78, 5) is -0.151. The predicted octanol–water partition coefficient (Wildman–Crippen LogP) is 3.93. The minimum atomic E-state index is -3.95. The minimum Gasteiger partial charge on any atom is -0.458 e. The molecule has 0 bridgehead atoms. The van der Waals surface area contributed by atoms with Gasteiger partial charge in [0.2, 0.25) is 10.0 Å². The number of rotatable bonds is 5. The minimum absolute atomic E-state index is 0.0419. The second-order valence-corrected chi connectivity index (χ2v) is 8.40. The van der Waals surface area contributed by atoms with Crippen LogP contribution in [-0.2, 0) is 15.6 Å². The van der Waals surface area contributed by atoms with Crippen molar-refractivity contribution in [1.29, 1.82) is 0 Å². The van der Waals surface area contributed by atoms with E-state index in [2.05, 4.69) is 4.72 Å². The van der Waals surface area contributed by atoms with Crippen molar-refractivity contribution in [1.82, 2.24) is 4.72 Å². The number of benzene rings is 2. The Bertz CT molecular complexity index is 995. The summed E-state index contributed by atoms with van der Waals surface area (Å²) in [7, 11) is -3.95. The normalized spacial score (nSPS) is 14.6. The van der Waals surface area contributed by atoms with Crippen molar-refractivity contribution in [3.63, 3.8) is 0 Å². The molecule has 1 heterocycles. The van der Waals surface area contributed by atoms with Crippen molar-refractivity contribution in [2.24, 2.45) is 0 Å². The molecule has 0 aliphatic carbocycles. The third kappa shape index (κ3) is 3.83. The third-order valence-corrected chi connectivity index (χ3v) is 5.86. The molecule has 0 saturated carbocycles. The molecule has 0 amide bonds. The van der Waals surface area contributed by atoms with Gasteiger partial charge in [0.05, 0.1) is 5.02 Å². The Hall–Kier alpha value is -1.57. The van der Waals surface area contributed by atoms with Gasteiger partial charge in [0, 0.05) is 17.0 Å². The van der Waals surface area contributed by atoms with E-state index < -0.39 is 15.6 Å². The van der Waals surface area contributed by atoms with E-state index in [4.69, 9.17) is 27.6 Å². The van der Waals surface area contributed by atoms with Gasteiger partial charge in [-0.1, -0.05) is 41.4 Å². The summed E-state index contributed by atoms with van der Waals surface area (Å²) >= 11 is 11.8. The fraction of sp³-hybridized carbons (Fsp3) is 0.176. The van der Waals surface area contributed by atoms with E-state index in [-0.39, 0.29) is 27.2 Å². The first-order chi connectivity index (χ1) is 11.7. The Labute approximate surface area is 155 Å². The number of sulfonamides is 1. The monoisotopic (exact) mass is 399 g/mol. The average Bonchev–Trinajstić information content (AvgIpc) is 3.00. The number of aliphatic hydroxyl groups is 1. The number of furan rings is 1. The molecule has 0 spiro atoms. The second-order valence-electron chi connectivity index (χ2n) is 5.82. The van der Waals surface area contributed by atoms with Crippen molar-refractivity contribution in [3.8, 4) is 0 Å². The number of para-hydroxylation sites is 1. The van der Waals surface area contributed by atoms with Crippen LogP contribution in [0.25, 0.3) is 11.0 Å². The molecule has 1 atom stereocenters. The second kappa shape index (κ2) is 6.63. The zero-order valence-electron chi connectivity index (χ0n) is 13.2. The van der Waals surface area contributed by atoms with Crippen LogP contribution in [0.15, 0.2) is 57.8 Å². The van der Waals surface area contributed by atoms with Crippen LogP contribution in [0.4, 0.5) is 0 Å². The quantitative estimate of drug-likeness (QED) is 0.680. The topological polar surface area (TPSA) is 79.5 Å². The Morgan fingerprint density at radius 1 is 1.16 bits per heavy atom. The summed E-state index contributed by atoms with van der Waals surface area (Å²) in [6.07, 6.45) is 0. The highest BCUT2D eigenvalue weighted by atomic mass is 35.5. The molecular weight excluding hydrogens is 385 g/mol. The van der Waals surface area contributed by atoms with Gasteiger partial charge in [0.1, 0.15) is 21.8 Å². The summed E-state index contributed by atoms with van der Waals surface area (Å²) in [6.45, 7) is 1.17. The molecular formula is C17H15Cl2NO4S. The molecule has 0 radical (unpaired) electrons. The van der Waals surface area contributed by atoms with Gasteiger partial charge >= 0.3 is 0 Å². The van der Waals surface area contributed by atoms with Crippen LogP contribution < -0.4 is 4.72 Å². The van der Waals surface area contributed by atoms with Crippen LogP contribution in [-0.4, -0.2) is 20.1 Å². The maximum Gasteiger partial charge on any atom is 0.242 e. The van der Waals surface area contributed by atoms with Crippen LogP contribution in [0.3, 0.4) is 0 Å². The predicted molar refractivity (Wildman–Crippen MR) is 97.4 cm³/mol. The fourth-order valence-corrected chi connectivity index (χ4v) is 4.22. The molecule has 3 aromatic rings. The van der Waals surface area contributed by atoms with Crippen molar-refractivity contribution in [3.05, 3.63) is 64.3 Å². The first-order valence-corrected chi connectivity index (χ1v) is 9.59. The van der Waals surface area contributed by atoms with Gasteiger partial charge in [-0.3, -0.25) is 0 Å². The first kappa shape index (κ1) is 18.2. The van der Waals surface area contributed by atoms with Crippen LogP contribution >= 0.6 is 23.2 Å². The van der Waals surface area contributed by atoms with Gasteiger partial charge in [-0.2, -0.15) is 0 Å². The van der Waals surface area contributed by atoms with E-state index in [1.165, 1.54) is 25.1 Å². The zero-order valence-corrected chi connectivity index (χ0v) is 15.5. The Morgan fingerprint density at radius 2 is 1.88 bits per heavy atom. The van der Waals surface area contributed by atoms with E-state index in [1.807, 2.05) is 18.2 Å². The molecule has 3 rings (SSSR count). The fourth-order valence-electron chi connectivity index (χ4n) is 2.33. The van der Waals surface area contributed by atoms with Crippen molar-refractivity contribution in [2.45, 2.75) is 17.4 Å². The highest BCUT2D eigenvalue weighted by Gasteiger charge is 2.30. The van der Waals surface area contributed by atoms with Crippen LogP contribution in [0.2, 0.25) is 10.0 Å². The highest BCUT2D eigenvalue weighted by molar-refractivity contribution is 7.89. The lowest BCUT2D eigenvalue weighted by atomic mass is 10.0. The lowest BCUT2D eigenvalue weighted by Crippen LogP contribution is -2.38. The number of fused-ring (bicyclic) bond motifs is 1. The number of halogens is 2. The van der Waals surface area contributed by atoms with Crippen LogP contribution in [0.5, 0.6) is 0 Å². The van der Waals surface area contributed by atoms with E-state index in [1.54, 1.807) is 12.1 Å². The number of hydrogen-bond acceptors (Lipinski definition) is 4. The molecule has 0 aliphatic heterocycles. The zero-order chi connectivity index (χ0) is 18.2. The molecule has 2 aromatic carbocycles. The lowest BCUT2D eigenvalue weighted by Gasteiger charge is -2.21. The van der Waals surface area contributed by atoms with Gasteiger partial charge < -0.3 is 9.52 Å². The van der Waals surface area contributed by atoms with E-state index in [0.717, 1.165) is 5.39 Å². The molecule has 25 heavy (non-hydrogen) atoms. The summed E-state index contributed by atoms with van der Waals surface area (Å²) in [5.74, 6) is 0.258. The van der Waals surface area contributed by atoms with E-state index in [0.29, 0.717) is 5.58 Å². The molecule has 1 unspecified atom stereocenters. The van der Waals surface area contributed by atoms with Crippen molar-refractivity contribution in [2.75, 3.05) is 6.54 Å². The van der Waals surface area contributed by atoms with E-state index in [9.17, 15) is 13.5 Å². The Balaban J connectivity index is 1.84. The molecule has 0 aliphatic rings. The van der Waals surface area contributed by atoms with E-state index >= 15 is 0 Å². The summed E-state index contributed by atoms with van der Waals surface area (Å²) in [5.41, 5.74) is -0.935. The van der Waals surface area contributed by atoms with Gasteiger partial charge in [0.25, 0.3) is 0 Å². The molecule has 0 fully saturated rings. The largest absolute Gasteiger partial charge is 0.458 e. The third-order valence-electron chi connectivity index (χ3n) is 3.75. The molecule has 2 N–H and O–H groups in total. The molecule has 132 valence electrons. The van der Waals surface area contributed by atoms with Crippen molar-refractivity contribution < 1.29 is 17.9 Å². The molecule has 8 heteroatoms. The maximum atomic E-state index is 12.5. The van der Waals surface area contributed by atoms with Gasteiger partial charge in [-0.05, 0) is 37.3 Å². The first-order valence-electron chi connectivity index (χ1n) is 7.35. The van der Waals surface area contributed by atoms with Gasteiger partial charge in [0.15, 0.2) is 0 Å². The number of hydrogen-bond donors (Lipinski definition) is 2. The van der Waals surface area contributed by atoms with Crippen LogP contribution in [0.1, 0.15) is 12.7 Å². The summed E-state index contributed by atoms with van der Waals surface area (Å²) in [6, 6.07) is 13.1. The maximum absolute atomic E-state index is 12.5. The highest BCUT2D eigenvalue weighted by Crippen LogP contribution is 2.29. The summed E-state index contributed by atoms with van der Waals surface area (Å²) < 4.78 is 32.9. The average molecular weight is 400 g/mol.